The molecule has 3 N–H and O–H groups in total. The molecule has 1 saturated carbocycles. The zero-order valence-corrected chi connectivity index (χ0v) is 17.0. The molecule has 1 amide bonds. The lowest BCUT2D eigenvalue weighted by atomic mass is 9.98. The molecule has 1 aliphatic rings. The van der Waals surface area contributed by atoms with Crippen molar-refractivity contribution in [3.05, 3.63) is 70.0 Å². The predicted molar refractivity (Wildman–Crippen MR) is 111 cm³/mol. The van der Waals surface area contributed by atoms with Crippen molar-refractivity contribution < 1.29 is 9.32 Å². The summed E-state index contributed by atoms with van der Waals surface area (Å²) in [5, 5.41) is 9.06. The third-order valence-corrected chi connectivity index (χ3v) is 5.88. The molecular weight excluding hydrogens is 396 g/mol. The van der Waals surface area contributed by atoms with Gasteiger partial charge in [0.05, 0.1) is 10.4 Å². The van der Waals surface area contributed by atoms with Gasteiger partial charge in [-0.2, -0.15) is 4.98 Å². The Balaban J connectivity index is 0.00000225. The van der Waals surface area contributed by atoms with E-state index >= 15 is 0 Å². The molecule has 0 aliphatic heterocycles. The number of nitrogens with one attached hydrogen (secondary N) is 1. The van der Waals surface area contributed by atoms with Gasteiger partial charge in [-0.15, -0.1) is 23.7 Å². The molecule has 1 atom stereocenters. The summed E-state index contributed by atoms with van der Waals surface area (Å²) in [5.74, 6) is 0.794. The topological polar surface area (TPSA) is 94.0 Å². The highest BCUT2D eigenvalue weighted by atomic mass is 35.5. The first-order valence-electron chi connectivity index (χ1n) is 9.15. The Morgan fingerprint density at radius 3 is 2.64 bits per heavy atom. The van der Waals surface area contributed by atoms with Gasteiger partial charge in [0, 0.05) is 6.42 Å². The molecule has 8 heteroatoms. The van der Waals surface area contributed by atoms with E-state index in [-0.39, 0.29) is 18.3 Å². The molecule has 3 aromatic rings. The molecule has 1 unspecified atom stereocenters. The third kappa shape index (κ3) is 4.43. The molecule has 0 saturated heterocycles. The summed E-state index contributed by atoms with van der Waals surface area (Å²) >= 11 is 1.40. The number of nitrogens with two attached hydrogens (primary N) is 1. The molecule has 0 bridgehead atoms. The molecule has 1 aromatic carbocycles. The van der Waals surface area contributed by atoms with E-state index in [4.69, 9.17) is 10.3 Å². The Kier molecular flexibility index (Phi) is 6.49. The van der Waals surface area contributed by atoms with Crippen LogP contribution in [0.1, 0.15) is 58.7 Å². The Morgan fingerprint density at radius 2 is 1.96 bits per heavy atom. The van der Waals surface area contributed by atoms with E-state index in [2.05, 4.69) is 15.5 Å². The van der Waals surface area contributed by atoms with Gasteiger partial charge in [0.2, 0.25) is 5.89 Å². The summed E-state index contributed by atoms with van der Waals surface area (Å²) in [6.07, 6.45) is 4.43. The number of aromatic nitrogens is 2. The van der Waals surface area contributed by atoms with Crippen LogP contribution in [-0.4, -0.2) is 16.0 Å². The van der Waals surface area contributed by atoms with Gasteiger partial charge in [0.15, 0.2) is 5.82 Å². The number of amides is 1. The van der Waals surface area contributed by atoms with Crippen LogP contribution in [0.3, 0.4) is 0 Å². The predicted octanol–water partition coefficient (Wildman–Crippen LogP) is 3.99. The van der Waals surface area contributed by atoms with Crippen LogP contribution in [0.2, 0.25) is 0 Å². The summed E-state index contributed by atoms with van der Waals surface area (Å²) in [6.45, 7) is 0. The number of nitrogens with zero attached hydrogens (tertiary/aromatic N) is 2. The van der Waals surface area contributed by atoms with E-state index in [1.807, 2.05) is 41.8 Å². The zero-order chi connectivity index (χ0) is 18.7. The van der Waals surface area contributed by atoms with Crippen molar-refractivity contribution in [3.8, 4) is 0 Å². The van der Waals surface area contributed by atoms with Crippen molar-refractivity contribution in [3.63, 3.8) is 0 Å². The van der Waals surface area contributed by atoms with Crippen molar-refractivity contribution in [2.45, 2.75) is 43.7 Å². The van der Waals surface area contributed by atoms with Crippen molar-refractivity contribution >= 4 is 29.7 Å². The van der Waals surface area contributed by atoms with Gasteiger partial charge in [-0.3, -0.25) is 4.79 Å². The number of carbonyl (C=O) groups excluding carboxylic acids is 1. The number of rotatable bonds is 6. The summed E-state index contributed by atoms with van der Waals surface area (Å²) in [4.78, 5) is 17.8. The summed E-state index contributed by atoms with van der Waals surface area (Å²) in [6, 6.07) is 13.2. The van der Waals surface area contributed by atoms with E-state index in [9.17, 15) is 4.79 Å². The second-order valence-corrected chi connectivity index (χ2v) is 7.96. The minimum atomic E-state index is -0.517. The molecule has 2 heterocycles. The zero-order valence-electron chi connectivity index (χ0n) is 15.3. The van der Waals surface area contributed by atoms with Crippen molar-refractivity contribution in [1.82, 2.24) is 15.5 Å². The van der Waals surface area contributed by atoms with Gasteiger partial charge in [-0.05, 0) is 29.9 Å². The maximum absolute atomic E-state index is 12.6. The number of carbonyl (C=O) groups is 1. The monoisotopic (exact) mass is 418 g/mol. The van der Waals surface area contributed by atoms with Crippen LogP contribution >= 0.6 is 23.7 Å². The Hall–Kier alpha value is -2.22. The van der Waals surface area contributed by atoms with Crippen LogP contribution in [0.4, 0.5) is 0 Å². The van der Waals surface area contributed by atoms with E-state index in [1.165, 1.54) is 11.3 Å². The number of hydrogen-bond donors (Lipinski definition) is 2. The Bertz CT molecular complexity index is 892. The molecule has 1 aliphatic carbocycles. The quantitative estimate of drug-likeness (QED) is 0.631. The summed E-state index contributed by atoms with van der Waals surface area (Å²) in [7, 11) is 0. The average Bonchev–Trinajstić information content (AvgIpc) is 3.43. The molecule has 4 rings (SSSR count). The molecule has 0 radical (unpaired) electrons. The maximum atomic E-state index is 12.6. The SMILES string of the molecule is Cl.NC1(c2noc(C(Cc3ccccc3)NC(=O)c3cccs3)n2)CCCC1. The fraction of sp³-hybridized carbons (Fsp3) is 0.350. The normalized spacial score (nSPS) is 16.3. The minimum Gasteiger partial charge on any atom is -0.339 e. The van der Waals surface area contributed by atoms with Gasteiger partial charge < -0.3 is 15.6 Å². The first kappa shape index (κ1) is 20.5. The molecule has 2 aromatic heterocycles. The van der Waals surface area contributed by atoms with Crippen LogP contribution in [-0.2, 0) is 12.0 Å². The standard InChI is InChI=1S/C20H22N4O2S.ClH/c21-20(10-4-5-11-20)19-23-18(26-24-19)15(13-14-7-2-1-3-8-14)22-17(25)16-9-6-12-27-16;/h1-3,6-9,12,15H,4-5,10-11,13,21H2,(H,22,25);1H. The van der Waals surface area contributed by atoms with Crippen molar-refractivity contribution in [1.29, 1.82) is 0 Å². The maximum Gasteiger partial charge on any atom is 0.262 e. The molecular formula is C20H23ClN4O2S. The van der Waals surface area contributed by atoms with Crippen molar-refractivity contribution in [2.75, 3.05) is 0 Å². The smallest absolute Gasteiger partial charge is 0.262 e. The third-order valence-electron chi connectivity index (χ3n) is 5.01. The largest absolute Gasteiger partial charge is 0.339 e. The van der Waals surface area contributed by atoms with Gasteiger partial charge in [0.25, 0.3) is 5.91 Å². The van der Waals surface area contributed by atoms with Gasteiger partial charge >= 0.3 is 0 Å². The molecule has 0 spiro atoms. The van der Waals surface area contributed by atoms with E-state index in [0.717, 1.165) is 31.2 Å². The lowest BCUT2D eigenvalue weighted by Gasteiger charge is -2.18. The van der Waals surface area contributed by atoms with Gasteiger partial charge in [0.1, 0.15) is 6.04 Å². The van der Waals surface area contributed by atoms with Crippen molar-refractivity contribution in [2.24, 2.45) is 5.73 Å². The van der Waals surface area contributed by atoms with Gasteiger partial charge in [-0.25, -0.2) is 0 Å². The highest BCUT2D eigenvalue weighted by molar-refractivity contribution is 7.12. The van der Waals surface area contributed by atoms with E-state index in [0.29, 0.717) is 23.0 Å². The summed E-state index contributed by atoms with van der Waals surface area (Å²) in [5.41, 5.74) is 7.02. The summed E-state index contributed by atoms with van der Waals surface area (Å²) < 4.78 is 5.54. The lowest BCUT2D eigenvalue weighted by molar-refractivity contribution is 0.0932. The highest BCUT2D eigenvalue weighted by Crippen LogP contribution is 2.35. The van der Waals surface area contributed by atoms with Crippen LogP contribution in [0.15, 0.2) is 52.4 Å². The average molecular weight is 419 g/mol. The fourth-order valence-electron chi connectivity index (χ4n) is 3.50. The Labute approximate surface area is 173 Å². The van der Waals surface area contributed by atoms with E-state index < -0.39 is 11.6 Å². The number of halogens is 1. The first-order valence-corrected chi connectivity index (χ1v) is 10.0. The Morgan fingerprint density at radius 1 is 1.21 bits per heavy atom. The van der Waals surface area contributed by atoms with E-state index in [1.54, 1.807) is 6.07 Å². The fourth-order valence-corrected chi connectivity index (χ4v) is 4.12. The van der Waals surface area contributed by atoms with Crippen LogP contribution < -0.4 is 11.1 Å². The lowest BCUT2D eigenvalue weighted by Crippen LogP contribution is -2.34. The molecule has 6 nitrogen and oxygen atoms in total. The van der Waals surface area contributed by atoms with Crippen LogP contribution in [0.25, 0.3) is 0 Å². The number of benzene rings is 1. The minimum absolute atomic E-state index is 0. The second kappa shape index (κ2) is 8.86. The molecule has 28 heavy (non-hydrogen) atoms. The van der Waals surface area contributed by atoms with Crippen LogP contribution in [0, 0.1) is 0 Å². The van der Waals surface area contributed by atoms with Gasteiger partial charge in [-0.1, -0.05) is 54.4 Å². The second-order valence-electron chi connectivity index (χ2n) is 7.01. The highest BCUT2D eigenvalue weighted by Gasteiger charge is 2.37. The molecule has 1 fully saturated rings. The number of thiophene rings is 1. The first-order chi connectivity index (χ1) is 13.1. The van der Waals surface area contributed by atoms with Crippen LogP contribution in [0.5, 0.6) is 0 Å². The molecule has 148 valence electrons. The number of hydrogen-bond acceptors (Lipinski definition) is 6.